The summed E-state index contributed by atoms with van der Waals surface area (Å²) in [5.41, 5.74) is 0.763. The van der Waals surface area contributed by atoms with E-state index in [1.807, 2.05) is 0 Å². The molecule has 0 radical (unpaired) electrons. The van der Waals surface area contributed by atoms with Crippen LogP contribution in [0.4, 0.5) is 0 Å². The molecule has 0 heterocycles. The molecule has 0 saturated heterocycles. The van der Waals surface area contributed by atoms with Gasteiger partial charge in [-0.25, -0.2) is 19.2 Å². The molecule has 0 aromatic heterocycles. The van der Waals surface area contributed by atoms with E-state index in [-0.39, 0.29) is 22.3 Å². The lowest BCUT2D eigenvalue weighted by atomic mass is 10.1. The van der Waals surface area contributed by atoms with Gasteiger partial charge in [-0.2, -0.15) is 0 Å². The number of unbranched alkanes of at least 4 members (excludes halogenated alkanes) is 9. The summed E-state index contributed by atoms with van der Waals surface area (Å²) in [5, 5.41) is 17.7. The van der Waals surface area contributed by atoms with Gasteiger partial charge in [0.15, 0.2) is 0 Å². The third-order valence-corrected chi connectivity index (χ3v) is 5.90. The highest BCUT2D eigenvalue weighted by Gasteiger charge is 2.11. The number of carbonyl (C=O) groups is 4. The fraction of sp³-hybridized carbons (Fsp3) is 0.484. The summed E-state index contributed by atoms with van der Waals surface area (Å²) in [6, 6.07) is 11.8. The van der Waals surface area contributed by atoms with Crippen LogP contribution in [-0.4, -0.2) is 47.3 Å². The van der Waals surface area contributed by atoms with Crippen LogP contribution < -0.4 is 0 Å². The summed E-state index contributed by atoms with van der Waals surface area (Å²) in [5.74, 6) is -3.01. The van der Waals surface area contributed by atoms with Crippen molar-refractivity contribution in [3.05, 3.63) is 70.8 Å². The standard InChI is InChI=1S/C17H24O4.C14H18O4/c1-2-3-4-5-6-7-8-12-21-17(20)15-11-9-10-14(13-15)16(18)19;1-2-3-4-5-9-18-14(17)12-8-6-7-11(10-12)13(15)16/h9-11,13H,2-8,12H2,1H3,(H,18,19);6-8,10H,2-5,9H2,1H3,(H,15,16). The Balaban J connectivity index is 0.000000395. The van der Waals surface area contributed by atoms with E-state index in [4.69, 9.17) is 19.7 Å². The van der Waals surface area contributed by atoms with Crippen LogP contribution in [0.3, 0.4) is 0 Å². The van der Waals surface area contributed by atoms with Gasteiger partial charge in [-0.05, 0) is 49.2 Å². The molecule has 8 heteroatoms. The molecular weight excluding hydrogens is 500 g/mol. The maximum atomic E-state index is 11.8. The first kappa shape index (κ1) is 33.3. The van der Waals surface area contributed by atoms with Gasteiger partial charge in [0.25, 0.3) is 0 Å². The van der Waals surface area contributed by atoms with Gasteiger partial charge in [0.1, 0.15) is 0 Å². The highest BCUT2D eigenvalue weighted by molar-refractivity contribution is 5.95. The summed E-state index contributed by atoms with van der Waals surface area (Å²) in [6.07, 6.45) is 12.3. The largest absolute Gasteiger partial charge is 0.478 e. The van der Waals surface area contributed by atoms with Crippen molar-refractivity contribution in [2.45, 2.75) is 84.5 Å². The number of rotatable bonds is 17. The van der Waals surface area contributed by atoms with Crippen LogP contribution in [-0.2, 0) is 9.47 Å². The van der Waals surface area contributed by atoms with E-state index in [1.165, 1.54) is 62.4 Å². The molecule has 0 saturated carbocycles. The van der Waals surface area contributed by atoms with Crippen molar-refractivity contribution in [3.8, 4) is 0 Å². The highest BCUT2D eigenvalue weighted by atomic mass is 16.5. The van der Waals surface area contributed by atoms with Crippen molar-refractivity contribution in [3.63, 3.8) is 0 Å². The Morgan fingerprint density at radius 3 is 1.26 bits per heavy atom. The van der Waals surface area contributed by atoms with Gasteiger partial charge in [-0.15, -0.1) is 0 Å². The number of ether oxygens (including phenoxy) is 2. The number of carboxylic acids is 2. The van der Waals surface area contributed by atoms with Gasteiger partial charge in [0.2, 0.25) is 0 Å². The van der Waals surface area contributed by atoms with Crippen LogP contribution in [0.5, 0.6) is 0 Å². The number of carbonyl (C=O) groups excluding carboxylic acids is 2. The summed E-state index contributed by atoms with van der Waals surface area (Å²) < 4.78 is 10.2. The number of carboxylic acid groups (broad SMARTS) is 2. The van der Waals surface area contributed by atoms with E-state index in [1.54, 1.807) is 18.2 Å². The monoisotopic (exact) mass is 542 g/mol. The Morgan fingerprint density at radius 2 is 0.872 bits per heavy atom. The SMILES string of the molecule is CCCCCCCCCOC(=O)c1cccc(C(=O)O)c1.CCCCCCOC(=O)c1cccc(C(=O)O)c1. The number of hydrogen-bond acceptors (Lipinski definition) is 6. The second kappa shape index (κ2) is 20.3. The van der Waals surface area contributed by atoms with Gasteiger partial charge >= 0.3 is 23.9 Å². The molecular formula is C31H42O8. The Hall–Kier alpha value is -3.68. The third kappa shape index (κ3) is 14.7. The average Bonchev–Trinajstić information content (AvgIpc) is 2.94. The lowest BCUT2D eigenvalue weighted by molar-refractivity contribution is 0.0488. The summed E-state index contributed by atoms with van der Waals surface area (Å²) in [7, 11) is 0. The first-order valence-corrected chi connectivity index (χ1v) is 13.8. The third-order valence-electron chi connectivity index (χ3n) is 5.90. The lowest BCUT2D eigenvalue weighted by Gasteiger charge is -2.05. The Labute approximate surface area is 231 Å². The molecule has 2 aromatic rings. The van der Waals surface area contributed by atoms with Crippen molar-refractivity contribution >= 4 is 23.9 Å². The Morgan fingerprint density at radius 1 is 0.538 bits per heavy atom. The molecule has 0 spiro atoms. The molecule has 39 heavy (non-hydrogen) atoms. The number of hydrogen-bond donors (Lipinski definition) is 2. The van der Waals surface area contributed by atoms with Crippen LogP contribution in [0.15, 0.2) is 48.5 Å². The Kier molecular flexibility index (Phi) is 17.4. The topological polar surface area (TPSA) is 127 Å². The molecule has 0 bridgehead atoms. The van der Waals surface area contributed by atoms with E-state index in [0.29, 0.717) is 13.2 Å². The smallest absolute Gasteiger partial charge is 0.338 e. The van der Waals surface area contributed by atoms with Crippen molar-refractivity contribution in [2.75, 3.05) is 13.2 Å². The molecule has 2 N–H and O–H groups in total. The molecule has 0 unspecified atom stereocenters. The zero-order valence-electron chi connectivity index (χ0n) is 23.2. The summed E-state index contributed by atoms with van der Waals surface area (Å²) in [4.78, 5) is 45.0. The van der Waals surface area contributed by atoms with Crippen molar-refractivity contribution in [1.82, 2.24) is 0 Å². The molecule has 214 valence electrons. The van der Waals surface area contributed by atoms with E-state index in [0.717, 1.165) is 38.5 Å². The van der Waals surface area contributed by atoms with Gasteiger partial charge in [-0.1, -0.05) is 83.8 Å². The van der Waals surface area contributed by atoms with Crippen LogP contribution in [0.2, 0.25) is 0 Å². The molecule has 2 rings (SSSR count). The Bertz CT molecular complexity index is 1030. The maximum Gasteiger partial charge on any atom is 0.338 e. The summed E-state index contributed by atoms with van der Waals surface area (Å²) >= 11 is 0. The molecule has 0 aliphatic heterocycles. The van der Waals surface area contributed by atoms with Crippen LogP contribution in [0.1, 0.15) is 126 Å². The molecule has 0 fully saturated rings. The predicted octanol–water partition coefficient (Wildman–Crippen LogP) is 7.41. The second-order valence-corrected chi connectivity index (χ2v) is 9.23. The molecule has 2 aromatic carbocycles. The van der Waals surface area contributed by atoms with Gasteiger partial charge in [0.05, 0.1) is 35.5 Å². The second-order valence-electron chi connectivity index (χ2n) is 9.23. The minimum Gasteiger partial charge on any atom is -0.478 e. The molecule has 8 nitrogen and oxygen atoms in total. The quantitative estimate of drug-likeness (QED) is 0.156. The summed E-state index contributed by atoms with van der Waals surface area (Å²) in [6.45, 7) is 5.09. The van der Waals surface area contributed by atoms with Crippen LogP contribution in [0.25, 0.3) is 0 Å². The van der Waals surface area contributed by atoms with E-state index < -0.39 is 23.9 Å². The zero-order valence-corrected chi connectivity index (χ0v) is 23.2. The number of esters is 2. The molecule has 0 aliphatic carbocycles. The first-order chi connectivity index (χ1) is 18.8. The van der Waals surface area contributed by atoms with E-state index in [9.17, 15) is 19.2 Å². The number of benzene rings is 2. The van der Waals surface area contributed by atoms with Crippen molar-refractivity contribution < 1.29 is 38.9 Å². The minimum absolute atomic E-state index is 0.0930. The van der Waals surface area contributed by atoms with Gasteiger partial charge in [-0.3, -0.25) is 0 Å². The van der Waals surface area contributed by atoms with E-state index >= 15 is 0 Å². The molecule has 0 aliphatic rings. The zero-order chi connectivity index (χ0) is 28.9. The molecule has 0 atom stereocenters. The predicted molar refractivity (Wildman–Crippen MR) is 150 cm³/mol. The van der Waals surface area contributed by atoms with Gasteiger partial charge < -0.3 is 19.7 Å². The highest BCUT2D eigenvalue weighted by Crippen LogP contribution is 2.10. The lowest BCUT2D eigenvalue weighted by Crippen LogP contribution is -2.08. The fourth-order valence-electron chi connectivity index (χ4n) is 3.64. The minimum atomic E-state index is -1.05. The normalized spacial score (nSPS) is 10.2. The van der Waals surface area contributed by atoms with E-state index in [2.05, 4.69) is 13.8 Å². The first-order valence-electron chi connectivity index (χ1n) is 13.8. The van der Waals surface area contributed by atoms with Crippen LogP contribution >= 0.6 is 0 Å². The van der Waals surface area contributed by atoms with Gasteiger partial charge in [0, 0.05) is 0 Å². The number of aromatic carboxylic acids is 2. The van der Waals surface area contributed by atoms with Crippen LogP contribution in [0, 0.1) is 0 Å². The fourth-order valence-corrected chi connectivity index (χ4v) is 3.64. The maximum absolute atomic E-state index is 11.8. The van der Waals surface area contributed by atoms with Crippen molar-refractivity contribution in [2.24, 2.45) is 0 Å². The molecule has 0 amide bonds. The van der Waals surface area contributed by atoms with Crippen molar-refractivity contribution in [1.29, 1.82) is 0 Å². The average molecular weight is 543 g/mol.